The largest absolute Gasteiger partial charge is 0.416 e. The number of nitrogens with zero attached hydrogens (tertiary/aromatic N) is 8. The molecule has 200 valence electrons. The number of halogens is 4. The summed E-state index contributed by atoms with van der Waals surface area (Å²) in [7, 11) is 0. The maximum atomic E-state index is 13.1. The number of alkyl halides is 3. The smallest absolute Gasteiger partial charge is 0.382 e. The number of anilines is 1. The summed E-state index contributed by atoms with van der Waals surface area (Å²) in [6.45, 7) is 1.34. The van der Waals surface area contributed by atoms with E-state index in [-0.39, 0.29) is 18.2 Å². The highest BCUT2D eigenvalue weighted by atomic mass is 35.5. The van der Waals surface area contributed by atoms with Crippen molar-refractivity contribution < 1.29 is 23.0 Å². The van der Waals surface area contributed by atoms with E-state index in [9.17, 15) is 23.1 Å². The summed E-state index contributed by atoms with van der Waals surface area (Å²) in [5.74, 6) is 0.142. The van der Waals surface area contributed by atoms with Crippen LogP contribution in [0.2, 0.25) is 5.02 Å². The van der Waals surface area contributed by atoms with Crippen LogP contribution in [0.15, 0.2) is 53.8 Å². The molecule has 4 aromatic rings. The molecule has 1 aromatic carbocycles. The van der Waals surface area contributed by atoms with Crippen molar-refractivity contribution in [2.45, 2.75) is 25.4 Å². The number of morpholine rings is 1. The van der Waals surface area contributed by atoms with Crippen molar-refractivity contribution in [3.63, 3.8) is 0 Å². The first kappa shape index (κ1) is 25.9. The Labute approximate surface area is 218 Å². The van der Waals surface area contributed by atoms with Gasteiger partial charge in [0.05, 0.1) is 31.6 Å². The molecule has 0 amide bonds. The van der Waals surface area contributed by atoms with Crippen molar-refractivity contribution in [1.29, 1.82) is 0 Å². The summed E-state index contributed by atoms with van der Waals surface area (Å²) in [5, 5.41) is 18.7. The maximum Gasteiger partial charge on any atom is 0.416 e. The minimum absolute atomic E-state index is 0.0590. The zero-order valence-corrected chi connectivity index (χ0v) is 20.5. The van der Waals surface area contributed by atoms with Crippen LogP contribution >= 0.6 is 11.6 Å². The second-order valence-corrected chi connectivity index (χ2v) is 8.94. The van der Waals surface area contributed by atoms with E-state index in [4.69, 9.17) is 16.3 Å². The monoisotopic (exact) mass is 550 g/mol. The van der Waals surface area contributed by atoms with E-state index in [1.807, 2.05) is 6.07 Å². The topological polar surface area (TPSA) is 116 Å². The maximum absolute atomic E-state index is 13.1. The third kappa shape index (κ3) is 5.42. The summed E-state index contributed by atoms with van der Waals surface area (Å²) in [4.78, 5) is 23.7. The van der Waals surface area contributed by atoms with Crippen LogP contribution in [-0.2, 0) is 17.8 Å². The number of aromatic nitrogens is 7. The van der Waals surface area contributed by atoms with Gasteiger partial charge in [-0.2, -0.15) is 13.2 Å². The third-order valence-corrected chi connectivity index (χ3v) is 6.22. The number of ether oxygens (including phenoxy) is 1. The number of hydrogen-bond acceptors (Lipinski definition) is 8. The SMILES string of the molecule is O=c1n(Cc2ncn(-c3cnccc3N3CCOCC3)n2)nc(-c2ccc(Cl)cc2)n1CC(O)C(F)(F)F. The van der Waals surface area contributed by atoms with Gasteiger partial charge in [-0.1, -0.05) is 11.6 Å². The molecular weight excluding hydrogens is 529 g/mol. The second-order valence-electron chi connectivity index (χ2n) is 8.51. The number of aliphatic hydroxyl groups is 1. The first-order chi connectivity index (χ1) is 18.2. The van der Waals surface area contributed by atoms with Crippen LogP contribution in [-0.4, -0.2) is 77.8 Å². The van der Waals surface area contributed by atoms with Gasteiger partial charge in [0.2, 0.25) is 0 Å². The standard InChI is InChI=1S/C23H22ClF3N8O3/c24-16-3-1-15(2-4-16)21-31-34(22(37)33(21)12-19(36)23(25,26)27)13-20-29-14-35(30-20)18-11-28-6-5-17(18)32-7-9-38-10-8-32/h1-6,11,14,19,36H,7-10,12-13H2. The van der Waals surface area contributed by atoms with E-state index >= 15 is 0 Å². The van der Waals surface area contributed by atoms with E-state index in [0.29, 0.717) is 42.6 Å². The number of rotatable bonds is 7. The van der Waals surface area contributed by atoms with E-state index in [2.05, 4.69) is 25.1 Å². The molecule has 15 heteroatoms. The quantitative estimate of drug-likeness (QED) is 0.372. The van der Waals surface area contributed by atoms with Crippen molar-refractivity contribution in [3.8, 4) is 17.1 Å². The first-order valence-electron chi connectivity index (χ1n) is 11.6. The van der Waals surface area contributed by atoms with Gasteiger partial charge in [-0.25, -0.2) is 19.1 Å². The minimum atomic E-state index is -4.92. The molecular formula is C23H22ClF3N8O3. The summed E-state index contributed by atoms with van der Waals surface area (Å²) in [6, 6.07) is 7.95. The lowest BCUT2D eigenvalue weighted by Crippen LogP contribution is -2.37. The van der Waals surface area contributed by atoms with Crippen molar-refractivity contribution in [2.24, 2.45) is 0 Å². The van der Waals surface area contributed by atoms with Crippen LogP contribution in [0.3, 0.4) is 0 Å². The van der Waals surface area contributed by atoms with Gasteiger partial charge in [-0.3, -0.25) is 9.55 Å². The molecule has 1 saturated heterocycles. The highest BCUT2D eigenvalue weighted by Crippen LogP contribution is 2.25. The third-order valence-electron chi connectivity index (χ3n) is 5.97. The Morgan fingerprint density at radius 1 is 1.08 bits per heavy atom. The Bertz CT molecular complexity index is 1460. The number of benzene rings is 1. The average molecular weight is 551 g/mol. The highest BCUT2D eigenvalue weighted by Gasteiger charge is 2.39. The molecule has 1 aliphatic rings. The van der Waals surface area contributed by atoms with Gasteiger partial charge in [-0.05, 0) is 30.3 Å². The van der Waals surface area contributed by atoms with Gasteiger partial charge in [0, 0.05) is 29.9 Å². The van der Waals surface area contributed by atoms with Crippen molar-refractivity contribution in [1.82, 2.24) is 34.1 Å². The predicted octanol–water partition coefficient (Wildman–Crippen LogP) is 2.15. The van der Waals surface area contributed by atoms with E-state index in [1.54, 1.807) is 12.4 Å². The van der Waals surface area contributed by atoms with Gasteiger partial charge in [0.1, 0.15) is 18.6 Å². The fraction of sp³-hybridized carbons (Fsp3) is 0.348. The van der Waals surface area contributed by atoms with Crippen molar-refractivity contribution in [3.05, 3.63) is 70.4 Å². The fourth-order valence-corrected chi connectivity index (χ4v) is 4.17. The molecule has 0 spiro atoms. The Kier molecular flexibility index (Phi) is 7.19. The van der Waals surface area contributed by atoms with E-state index in [0.717, 1.165) is 14.9 Å². The molecule has 4 heterocycles. The van der Waals surface area contributed by atoms with Gasteiger partial charge in [-0.15, -0.1) is 10.2 Å². The number of hydrogen-bond donors (Lipinski definition) is 1. The molecule has 5 rings (SSSR count). The number of pyridine rings is 1. The van der Waals surface area contributed by atoms with Crippen molar-refractivity contribution in [2.75, 3.05) is 31.2 Å². The molecule has 1 aliphatic heterocycles. The van der Waals surface area contributed by atoms with Crippen LogP contribution in [0.1, 0.15) is 5.82 Å². The summed E-state index contributed by atoms with van der Waals surface area (Å²) < 4.78 is 47.9. The Morgan fingerprint density at radius 3 is 2.53 bits per heavy atom. The van der Waals surface area contributed by atoms with Crippen molar-refractivity contribution >= 4 is 17.3 Å². The van der Waals surface area contributed by atoms with Crippen LogP contribution in [0.4, 0.5) is 18.9 Å². The van der Waals surface area contributed by atoms with Gasteiger partial charge < -0.3 is 14.7 Å². The Hall–Kier alpha value is -3.75. The lowest BCUT2D eigenvalue weighted by molar-refractivity contribution is -0.207. The highest BCUT2D eigenvalue weighted by molar-refractivity contribution is 6.30. The van der Waals surface area contributed by atoms with Gasteiger partial charge >= 0.3 is 11.9 Å². The molecule has 3 aromatic heterocycles. The summed E-state index contributed by atoms with van der Waals surface area (Å²) in [6.07, 6.45) is -2.90. The van der Waals surface area contributed by atoms with Crippen LogP contribution < -0.4 is 10.6 Å². The Balaban J connectivity index is 1.46. The minimum Gasteiger partial charge on any atom is -0.382 e. The molecule has 0 saturated carbocycles. The van der Waals surface area contributed by atoms with E-state index in [1.165, 1.54) is 35.3 Å². The predicted molar refractivity (Wildman–Crippen MR) is 130 cm³/mol. The Morgan fingerprint density at radius 2 is 1.82 bits per heavy atom. The lowest BCUT2D eigenvalue weighted by Gasteiger charge is -2.30. The first-order valence-corrected chi connectivity index (χ1v) is 11.9. The summed E-state index contributed by atoms with van der Waals surface area (Å²) >= 11 is 5.92. The normalized spacial score (nSPS) is 15.1. The molecule has 1 fully saturated rings. The zero-order chi connectivity index (χ0) is 26.9. The second kappa shape index (κ2) is 10.6. The van der Waals surface area contributed by atoms with Gasteiger partial charge in [0.15, 0.2) is 17.8 Å². The van der Waals surface area contributed by atoms with E-state index < -0.39 is 24.5 Å². The molecule has 1 atom stereocenters. The average Bonchev–Trinajstić information content (AvgIpc) is 3.50. The zero-order valence-electron chi connectivity index (χ0n) is 19.8. The number of aliphatic hydroxyl groups excluding tert-OH is 1. The van der Waals surface area contributed by atoms with Crippen LogP contribution in [0, 0.1) is 0 Å². The molecule has 0 bridgehead atoms. The summed E-state index contributed by atoms with van der Waals surface area (Å²) in [5.41, 5.74) is 1.04. The molecule has 0 radical (unpaired) electrons. The molecule has 0 aliphatic carbocycles. The van der Waals surface area contributed by atoms with Crippen LogP contribution in [0.25, 0.3) is 17.1 Å². The molecule has 1 unspecified atom stereocenters. The molecule has 38 heavy (non-hydrogen) atoms. The van der Waals surface area contributed by atoms with Gasteiger partial charge in [0.25, 0.3) is 0 Å². The van der Waals surface area contributed by atoms with Crippen LogP contribution in [0.5, 0.6) is 0 Å². The molecule has 1 N–H and O–H groups in total. The fourth-order valence-electron chi connectivity index (χ4n) is 4.04. The lowest BCUT2D eigenvalue weighted by atomic mass is 10.2. The molecule has 11 nitrogen and oxygen atoms in total.